The zero-order chi connectivity index (χ0) is 13.3. The van der Waals surface area contributed by atoms with Crippen molar-refractivity contribution in [2.24, 2.45) is 0 Å². The van der Waals surface area contributed by atoms with Gasteiger partial charge in [0.1, 0.15) is 0 Å². The van der Waals surface area contributed by atoms with E-state index < -0.39 is 0 Å². The monoisotopic (exact) mass is 278 g/mol. The van der Waals surface area contributed by atoms with E-state index in [9.17, 15) is 4.79 Å². The number of carbonyl (C=O) groups excluding carboxylic acids is 1. The van der Waals surface area contributed by atoms with E-state index in [1.54, 1.807) is 11.1 Å². The SMILES string of the molecule is Cc1ccc(N2C(=O)/C(=C\N(C)C)SC2=S)cc1. The Morgan fingerprint density at radius 3 is 2.44 bits per heavy atom. The van der Waals surface area contributed by atoms with Crippen molar-refractivity contribution in [2.45, 2.75) is 6.92 Å². The quantitative estimate of drug-likeness (QED) is 0.613. The summed E-state index contributed by atoms with van der Waals surface area (Å²) < 4.78 is 0.581. The molecule has 0 unspecified atom stereocenters. The van der Waals surface area contributed by atoms with Crippen molar-refractivity contribution in [3.8, 4) is 0 Å². The summed E-state index contributed by atoms with van der Waals surface area (Å²) in [5.41, 5.74) is 1.98. The first kappa shape index (κ1) is 13.1. The van der Waals surface area contributed by atoms with Gasteiger partial charge in [0, 0.05) is 20.3 Å². The van der Waals surface area contributed by atoms with Crippen LogP contribution in [0.5, 0.6) is 0 Å². The summed E-state index contributed by atoms with van der Waals surface area (Å²) in [5.74, 6) is -0.0532. The molecule has 0 spiro atoms. The normalized spacial score (nSPS) is 17.7. The second kappa shape index (κ2) is 5.12. The molecule has 2 rings (SSSR count). The Hall–Kier alpha value is -1.33. The molecule has 1 aromatic rings. The second-order valence-corrected chi connectivity index (χ2v) is 5.98. The van der Waals surface area contributed by atoms with Gasteiger partial charge in [-0.15, -0.1) is 0 Å². The van der Waals surface area contributed by atoms with Crippen LogP contribution in [0.25, 0.3) is 0 Å². The predicted molar refractivity (Wildman–Crippen MR) is 80.6 cm³/mol. The molecule has 1 aromatic carbocycles. The van der Waals surface area contributed by atoms with Crippen LogP contribution in [0.15, 0.2) is 35.4 Å². The molecule has 1 heterocycles. The maximum atomic E-state index is 12.3. The van der Waals surface area contributed by atoms with Crippen molar-refractivity contribution in [3.63, 3.8) is 0 Å². The van der Waals surface area contributed by atoms with E-state index in [1.807, 2.05) is 50.2 Å². The molecule has 1 fully saturated rings. The Bertz CT molecular complexity index is 520. The number of amides is 1. The van der Waals surface area contributed by atoms with Gasteiger partial charge in [0.05, 0.1) is 10.6 Å². The van der Waals surface area contributed by atoms with Crippen LogP contribution in [0.3, 0.4) is 0 Å². The highest BCUT2D eigenvalue weighted by Crippen LogP contribution is 2.34. The van der Waals surface area contributed by atoms with Gasteiger partial charge in [-0.2, -0.15) is 0 Å². The molecule has 0 bridgehead atoms. The summed E-state index contributed by atoms with van der Waals surface area (Å²) in [4.78, 5) is 16.3. The van der Waals surface area contributed by atoms with Crippen LogP contribution in [0.4, 0.5) is 5.69 Å². The molecule has 1 saturated heterocycles. The number of hydrogen-bond acceptors (Lipinski definition) is 4. The van der Waals surface area contributed by atoms with E-state index in [0.29, 0.717) is 9.23 Å². The Kier molecular flexibility index (Phi) is 3.73. The fourth-order valence-corrected chi connectivity index (χ4v) is 2.98. The highest BCUT2D eigenvalue weighted by Gasteiger charge is 2.33. The van der Waals surface area contributed by atoms with Crippen molar-refractivity contribution in [1.29, 1.82) is 0 Å². The zero-order valence-electron chi connectivity index (χ0n) is 10.5. The van der Waals surface area contributed by atoms with Crippen LogP contribution in [0, 0.1) is 6.92 Å². The summed E-state index contributed by atoms with van der Waals surface area (Å²) >= 11 is 6.61. The lowest BCUT2D eigenvalue weighted by Gasteiger charge is -2.14. The van der Waals surface area contributed by atoms with Crippen molar-refractivity contribution in [2.75, 3.05) is 19.0 Å². The number of benzene rings is 1. The molecule has 1 aliphatic rings. The molecule has 94 valence electrons. The Morgan fingerprint density at radius 1 is 1.28 bits per heavy atom. The molecule has 0 aromatic heterocycles. The Labute approximate surface area is 116 Å². The predicted octanol–water partition coefficient (Wildman–Crippen LogP) is 2.76. The van der Waals surface area contributed by atoms with E-state index in [1.165, 1.54) is 11.8 Å². The molecule has 0 aliphatic carbocycles. The lowest BCUT2D eigenvalue weighted by atomic mass is 10.2. The minimum Gasteiger partial charge on any atom is -0.382 e. The van der Waals surface area contributed by atoms with Gasteiger partial charge in [-0.25, -0.2) is 0 Å². The molecule has 3 nitrogen and oxygen atoms in total. The molecule has 0 radical (unpaired) electrons. The van der Waals surface area contributed by atoms with Crippen LogP contribution in [0.2, 0.25) is 0 Å². The number of thiocarbonyl (C=S) groups is 1. The number of carbonyl (C=O) groups is 1. The van der Waals surface area contributed by atoms with Crippen LogP contribution in [0.1, 0.15) is 5.56 Å². The average molecular weight is 278 g/mol. The third-order valence-electron chi connectivity index (χ3n) is 2.46. The first-order chi connectivity index (χ1) is 8.49. The van der Waals surface area contributed by atoms with Crippen LogP contribution >= 0.6 is 24.0 Å². The number of rotatable bonds is 2. The van der Waals surface area contributed by atoms with Gasteiger partial charge >= 0.3 is 0 Å². The highest BCUT2D eigenvalue weighted by molar-refractivity contribution is 8.27. The number of hydrogen-bond donors (Lipinski definition) is 0. The lowest BCUT2D eigenvalue weighted by molar-refractivity contribution is -0.113. The van der Waals surface area contributed by atoms with E-state index in [4.69, 9.17) is 12.2 Å². The van der Waals surface area contributed by atoms with Gasteiger partial charge in [0.25, 0.3) is 5.91 Å². The third kappa shape index (κ3) is 2.57. The van der Waals surface area contributed by atoms with E-state index in [2.05, 4.69) is 0 Å². The van der Waals surface area contributed by atoms with Crippen molar-refractivity contribution in [1.82, 2.24) is 4.90 Å². The van der Waals surface area contributed by atoms with Crippen molar-refractivity contribution in [3.05, 3.63) is 40.9 Å². The summed E-state index contributed by atoms with van der Waals surface area (Å²) in [6.07, 6.45) is 1.80. The van der Waals surface area contributed by atoms with Crippen molar-refractivity contribution >= 4 is 39.9 Å². The largest absolute Gasteiger partial charge is 0.382 e. The maximum Gasteiger partial charge on any atom is 0.272 e. The van der Waals surface area contributed by atoms with Gasteiger partial charge in [-0.1, -0.05) is 41.7 Å². The summed E-state index contributed by atoms with van der Waals surface area (Å²) in [6, 6.07) is 7.78. The summed E-state index contributed by atoms with van der Waals surface area (Å²) in [6.45, 7) is 2.01. The molecular weight excluding hydrogens is 264 g/mol. The fourth-order valence-electron chi connectivity index (χ4n) is 1.61. The van der Waals surface area contributed by atoms with Crippen LogP contribution < -0.4 is 4.90 Å². The molecule has 0 atom stereocenters. The number of thioether (sulfide) groups is 1. The molecule has 5 heteroatoms. The molecule has 0 saturated carbocycles. The maximum absolute atomic E-state index is 12.3. The Balaban J connectivity index is 2.32. The van der Waals surface area contributed by atoms with Gasteiger partial charge in [-0.05, 0) is 19.1 Å². The number of nitrogens with zero attached hydrogens (tertiary/aromatic N) is 2. The molecule has 18 heavy (non-hydrogen) atoms. The average Bonchev–Trinajstić information content (AvgIpc) is 2.55. The lowest BCUT2D eigenvalue weighted by Crippen LogP contribution is -2.27. The zero-order valence-corrected chi connectivity index (χ0v) is 12.1. The van der Waals surface area contributed by atoms with Gasteiger partial charge in [-0.3, -0.25) is 9.69 Å². The highest BCUT2D eigenvalue weighted by atomic mass is 32.2. The first-order valence-electron chi connectivity index (χ1n) is 5.50. The van der Waals surface area contributed by atoms with Gasteiger partial charge in [0.2, 0.25) is 0 Å². The number of anilines is 1. The summed E-state index contributed by atoms with van der Waals surface area (Å²) in [7, 11) is 3.77. The minimum absolute atomic E-state index is 0.0532. The van der Waals surface area contributed by atoms with Crippen LogP contribution in [-0.2, 0) is 4.79 Å². The number of aryl methyl sites for hydroxylation is 1. The second-order valence-electron chi connectivity index (χ2n) is 4.30. The molecule has 1 amide bonds. The standard InChI is InChI=1S/C13H14N2OS2/c1-9-4-6-10(7-5-9)15-12(16)11(8-14(2)3)18-13(15)17/h4-8H,1-3H3/b11-8+. The third-order valence-corrected chi connectivity index (χ3v) is 3.75. The summed E-state index contributed by atoms with van der Waals surface area (Å²) in [5, 5.41) is 0. The first-order valence-corrected chi connectivity index (χ1v) is 6.72. The van der Waals surface area contributed by atoms with E-state index >= 15 is 0 Å². The van der Waals surface area contributed by atoms with Gasteiger partial charge in [0.15, 0.2) is 4.32 Å². The van der Waals surface area contributed by atoms with Gasteiger partial charge < -0.3 is 4.90 Å². The smallest absolute Gasteiger partial charge is 0.272 e. The topological polar surface area (TPSA) is 23.6 Å². The van der Waals surface area contributed by atoms with Crippen LogP contribution in [-0.4, -0.2) is 29.2 Å². The molecule has 1 aliphatic heterocycles. The van der Waals surface area contributed by atoms with E-state index in [0.717, 1.165) is 11.3 Å². The fraction of sp³-hybridized carbons (Fsp3) is 0.231. The molecule has 0 N–H and O–H groups in total. The Morgan fingerprint density at radius 2 is 1.89 bits per heavy atom. The van der Waals surface area contributed by atoms with Crippen molar-refractivity contribution < 1.29 is 4.79 Å². The van der Waals surface area contributed by atoms with E-state index in [-0.39, 0.29) is 5.91 Å². The molecular formula is C13H14N2OS2. The minimum atomic E-state index is -0.0532.